The van der Waals surface area contributed by atoms with Gasteiger partial charge in [-0.3, -0.25) is 4.79 Å². The molecular weight excluding hydrogens is 240 g/mol. The number of nitrogens with one attached hydrogen (secondary N) is 1. The van der Waals surface area contributed by atoms with Crippen LogP contribution < -0.4 is 5.32 Å². The van der Waals surface area contributed by atoms with Gasteiger partial charge in [-0.1, -0.05) is 12.8 Å². The van der Waals surface area contributed by atoms with Crippen LogP contribution in [0.4, 0.5) is 0 Å². The zero-order valence-electron chi connectivity index (χ0n) is 11.5. The molecule has 2 aliphatic rings. The molecule has 104 valence electrons. The van der Waals surface area contributed by atoms with Gasteiger partial charge in [0, 0.05) is 45.0 Å². The van der Waals surface area contributed by atoms with E-state index in [2.05, 4.69) is 15.2 Å². The second-order valence-electron chi connectivity index (χ2n) is 5.63. The van der Waals surface area contributed by atoms with E-state index in [0.717, 1.165) is 38.3 Å². The lowest BCUT2D eigenvalue weighted by atomic mass is 10.0. The van der Waals surface area contributed by atoms with Gasteiger partial charge in [0.2, 0.25) is 5.91 Å². The van der Waals surface area contributed by atoms with Gasteiger partial charge in [0.15, 0.2) is 0 Å². The smallest absolute Gasteiger partial charge is 0.226 e. The maximum atomic E-state index is 12.7. The summed E-state index contributed by atoms with van der Waals surface area (Å²) < 4.78 is 2.02. The summed E-state index contributed by atoms with van der Waals surface area (Å²) >= 11 is 0. The number of hydrogen-bond donors (Lipinski definition) is 1. The van der Waals surface area contributed by atoms with Crippen molar-refractivity contribution in [3.8, 4) is 0 Å². The third-order valence-corrected chi connectivity index (χ3v) is 4.39. The van der Waals surface area contributed by atoms with Crippen LogP contribution in [-0.2, 0) is 11.8 Å². The zero-order chi connectivity index (χ0) is 13.2. The molecular formula is C14H22N4O. The van der Waals surface area contributed by atoms with Crippen molar-refractivity contribution in [3.05, 3.63) is 18.2 Å². The summed E-state index contributed by atoms with van der Waals surface area (Å²) in [5.74, 6) is 1.58. The fraction of sp³-hybridized carbons (Fsp3) is 0.714. The summed E-state index contributed by atoms with van der Waals surface area (Å²) in [6, 6.07) is 0.0850. The van der Waals surface area contributed by atoms with Crippen LogP contribution >= 0.6 is 0 Å². The molecule has 1 aliphatic carbocycles. The number of piperazine rings is 1. The van der Waals surface area contributed by atoms with E-state index in [4.69, 9.17) is 0 Å². The molecule has 5 nitrogen and oxygen atoms in total. The maximum absolute atomic E-state index is 12.7. The number of carbonyl (C=O) groups excluding carboxylic acids is 1. The molecule has 0 radical (unpaired) electrons. The monoisotopic (exact) mass is 262 g/mol. The number of carbonyl (C=O) groups is 1. The SMILES string of the molecule is Cn1ccnc1C1CNCCN1C(=O)C1CCCC1. The molecule has 1 atom stereocenters. The molecule has 0 aromatic carbocycles. The quantitative estimate of drug-likeness (QED) is 0.868. The lowest BCUT2D eigenvalue weighted by Crippen LogP contribution is -2.50. The largest absolute Gasteiger partial charge is 0.336 e. The molecule has 2 fully saturated rings. The second-order valence-corrected chi connectivity index (χ2v) is 5.63. The first kappa shape index (κ1) is 12.7. The molecule has 0 spiro atoms. The number of aromatic nitrogens is 2. The summed E-state index contributed by atoms with van der Waals surface area (Å²) in [6.07, 6.45) is 8.29. The van der Waals surface area contributed by atoms with Crippen molar-refractivity contribution in [2.75, 3.05) is 19.6 Å². The van der Waals surface area contributed by atoms with Crippen LogP contribution in [0.5, 0.6) is 0 Å². The van der Waals surface area contributed by atoms with Gasteiger partial charge in [-0.15, -0.1) is 0 Å². The maximum Gasteiger partial charge on any atom is 0.226 e. The van der Waals surface area contributed by atoms with Gasteiger partial charge in [0.1, 0.15) is 11.9 Å². The molecule has 1 saturated carbocycles. The number of nitrogens with zero attached hydrogens (tertiary/aromatic N) is 3. The molecule has 1 saturated heterocycles. The van der Waals surface area contributed by atoms with E-state index in [1.165, 1.54) is 12.8 Å². The van der Waals surface area contributed by atoms with Crippen molar-refractivity contribution in [3.63, 3.8) is 0 Å². The average molecular weight is 262 g/mol. The molecule has 1 aliphatic heterocycles. The predicted molar refractivity (Wildman–Crippen MR) is 72.5 cm³/mol. The predicted octanol–water partition coefficient (Wildman–Crippen LogP) is 1.08. The van der Waals surface area contributed by atoms with Crippen molar-refractivity contribution in [2.45, 2.75) is 31.7 Å². The minimum absolute atomic E-state index is 0.0850. The van der Waals surface area contributed by atoms with E-state index < -0.39 is 0 Å². The van der Waals surface area contributed by atoms with Crippen molar-refractivity contribution in [1.29, 1.82) is 0 Å². The van der Waals surface area contributed by atoms with Gasteiger partial charge < -0.3 is 14.8 Å². The van der Waals surface area contributed by atoms with Gasteiger partial charge >= 0.3 is 0 Å². The highest BCUT2D eigenvalue weighted by atomic mass is 16.2. The number of aryl methyl sites for hydroxylation is 1. The molecule has 1 unspecified atom stereocenters. The Hall–Kier alpha value is -1.36. The average Bonchev–Trinajstić information content (AvgIpc) is 3.09. The van der Waals surface area contributed by atoms with E-state index in [1.807, 2.05) is 24.0 Å². The molecule has 2 heterocycles. The molecule has 19 heavy (non-hydrogen) atoms. The first-order chi connectivity index (χ1) is 9.27. The molecule has 1 aromatic rings. The zero-order valence-corrected chi connectivity index (χ0v) is 11.5. The Kier molecular flexibility index (Phi) is 3.55. The minimum atomic E-state index is 0.0850. The first-order valence-corrected chi connectivity index (χ1v) is 7.26. The summed E-state index contributed by atoms with van der Waals surface area (Å²) in [4.78, 5) is 19.2. The summed E-state index contributed by atoms with van der Waals surface area (Å²) in [5.41, 5.74) is 0. The van der Waals surface area contributed by atoms with Crippen molar-refractivity contribution in [1.82, 2.24) is 19.8 Å². The molecule has 5 heteroatoms. The third kappa shape index (κ3) is 2.39. The summed E-state index contributed by atoms with van der Waals surface area (Å²) in [5, 5.41) is 3.38. The Morgan fingerprint density at radius 2 is 2.21 bits per heavy atom. The number of hydrogen-bond acceptors (Lipinski definition) is 3. The Morgan fingerprint density at radius 3 is 2.89 bits per heavy atom. The highest BCUT2D eigenvalue weighted by molar-refractivity contribution is 5.79. The lowest BCUT2D eigenvalue weighted by molar-refractivity contribution is -0.139. The normalized spacial score (nSPS) is 24.9. The topological polar surface area (TPSA) is 50.2 Å². The van der Waals surface area contributed by atoms with Crippen LogP contribution in [0.15, 0.2) is 12.4 Å². The van der Waals surface area contributed by atoms with Gasteiger partial charge in [-0.25, -0.2) is 4.98 Å². The Morgan fingerprint density at radius 1 is 1.42 bits per heavy atom. The highest BCUT2D eigenvalue weighted by Gasteiger charge is 2.34. The van der Waals surface area contributed by atoms with E-state index in [0.29, 0.717) is 5.91 Å². The Balaban J connectivity index is 1.81. The minimum Gasteiger partial charge on any atom is -0.336 e. The molecule has 1 N–H and O–H groups in total. The van der Waals surface area contributed by atoms with E-state index in [-0.39, 0.29) is 12.0 Å². The highest BCUT2D eigenvalue weighted by Crippen LogP contribution is 2.30. The van der Waals surface area contributed by atoms with Crippen LogP contribution in [0, 0.1) is 5.92 Å². The van der Waals surface area contributed by atoms with E-state index in [9.17, 15) is 4.79 Å². The van der Waals surface area contributed by atoms with Crippen LogP contribution in [-0.4, -0.2) is 40.0 Å². The third-order valence-electron chi connectivity index (χ3n) is 4.39. The fourth-order valence-electron chi connectivity index (χ4n) is 3.30. The molecule has 1 amide bonds. The van der Waals surface area contributed by atoms with Crippen molar-refractivity contribution >= 4 is 5.91 Å². The van der Waals surface area contributed by atoms with E-state index in [1.54, 1.807) is 0 Å². The van der Waals surface area contributed by atoms with Gasteiger partial charge in [-0.2, -0.15) is 0 Å². The Bertz CT molecular complexity index is 450. The van der Waals surface area contributed by atoms with Gasteiger partial charge in [0.05, 0.1) is 0 Å². The van der Waals surface area contributed by atoms with E-state index >= 15 is 0 Å². The van der Waals surface area contributed by atoms with Gasteiger partial charge in [0.25, 0.3) is 0 Å². The second kappa shape index (κ2) is 5.33. The van der Waals surface area contributed by atoms with Crippen LogP contribution in [0.25, 0.3) is 0 Å². The fourth-order valence-corrected chi connectivity index (χ4v) is 3.30. The number of amides is 1. The number of rotatable bonds is 2. The standard InChI is InChI=1S/C14H22N4O/c1-17-8-7-16-13(17)12-10-15-6-9-18(12)14(19)11-4-2-3-5-11/h7-8,11-12,15H,2-6,9-10H2,1H3. The van der Waals surface area contributed by atoms with Gasteiger partial charge in [-0.05, 0) is 12.8 Å². The lowest BCUT2D eigenvalue weighted by Gasteiger charge is -2.37. The summed E-state index contributed by atoms with van der Waals surface area (Å²) in [6.45, 7) is 2.50. The van der Waals surface area contributed by atoms with Crippen LogP contribution in [0.3, 0.4) is 0 Å². The summed E-state index contributed by atoms with van der Waals surface area (Å²) in [7, 11) is 2.00. The molecule has 3 rings (SSSR count). The van der Waals surface area contributed by atoms with Crippen LogP contribution in [0.2, 0.25) is 0 Å². The number of imidazole rings is 1. The van der Waals surface area contributed by atoms with Crippen LogP contribution in [0.1, 0.15) is 37.5 Å². The first-order valence-electron chi connectivity index (χ1n) is 7.26. The van der Waals surface area contributed by atoms with Crippen molar-refractivity contribution in [2.24, 2.45) is 13.0 Å². The van der Waals surface area contributed by atoms with Crippen molar-refractivity contribution < 1.29 is 4.79 Å². The molecule has 1 aromatic heterocycles. The Labute approximate surface area is 114 Å². The molecule has 0 bridgehead atoms.